The monoisotopic (exact) mass is 584 g/mol. The molecule has 3 rings (SSSR count). The fraction of sp³-hybridized carbons (Fsp3) is 0.828. The minimum atomic E-state index is -3.08. The molecule has 2 aliphatic carbocycles. The van der Waals surface area contributed by atoms with Gasteiger partial charge in [0.25, 0.3) is 11.8 Å². The van der Waals surface area contributed by atoms with Gasteiger partial charge in [-0.3, -0.25) is 24.0 Å². The number of aliphatic hydroxyl groups is 1. The van der Waals surface area contributed by atoms with Gasteiger partial charge in [0.05, 0.1) is 6.04 Å². The first-order chi connectivity index (χ1) is 19.2. The van der Waals surface area contributed by atoms with Crippen LogP contribution in [0.3, 0.4) is 0 Å². The molecule has 1 saturated heterocycles. The highest BCUT2D eigenvalue weighted by Crippen LogP contribution is 2.51. The number of carbonyl (C=O) groups is 5. The summed E-state index contributed by atoms with van der Waals surface area (Å²) in [5.41, 5.74) is 0. The van der Waals surface area contributed by atoms with E-state index in [1.807, 2.05) is 6.92 Å². The maximum Gasteiger partial charge on any atom is 0.289 e. The van der Waals surface area contributed by atoms with E-state index in [1.54, 1.807) is 27.7 Å². The lowest BCUT2D eigenvalue weighted by Gasteiger charge is -2.33. The number of fused-ring (bicyclic) bond motifs is 1. The number of Topliss-reactive ketones (excluding diaryl/α,β-unsaturated/α-hetero) is 1. The number of rotatable bonds is 14. The van der Waals surface area contributed by atoms with Crippen LogP contribution in [0, 0.1) is 23.7 Å². The molecule has 12 heteroatoms. The van der Waals surface area contributed by atoms with Crippen molar-refractivity contribution in [1.29, 1.82) is 0 Å². The van der Waals surface area contributed by atoms with Gasteiger partial charge in [-0.2, -0.15) is 0 Å². The summed E-state index contributed by atoms with van der Waals surface area (Å²) < 4.78 is 29.8. The number of halogens is 2. The molecule has 1 unspecified atom stereocenters. The van der Waals surface area contributed by atoms with Gasteiger partial charge in [0.15, 0.2) is 0 Å². The molecule has 0 aromatic carbocycles. The van der Waals surface area contributed by atoms with Crippen LogP contribution >= 0.6 is 0 Å². The van der Waals surface area contributed by atoms with Gasteiger partial charge in [0.2, 0.25) is 23.5 Å². The van der Waals surface area contributed by atoms with E-state index in [2.05, 4.69) is 16.0 Å². The molecule has 1 heterocycles. The van der Waals surface area contributed by atoms with E-state index in [4.69, 9.17) is 0 Å². The Balaban J connectivity index is 1.86. The lowest BCUT2D eigenvalue weighted by atomic mass is 9.91. The molecule has 0 bridgehead atoms. The van der Waals surface area contributed by atoms with Crippen LogP contribution in [0.1, 0.15) is 86.0 Å². The molecule has 4 amide bonds. The average Bonchev–Trinajstić information content (AvgIpc) is 3.55. The molecule has 41 heavy (non-hydrogen) atoms. The number of hydrogen-bond acceptors (Lipinski definition) is 6. The Morgan fingerprint density at radius 3 is 2.20 bits per heavy atom. The zero-order valence-corrected chi connectivity index (χ0v) is 24.8. The van der Waals surface area contributed by atoms with Crippen LogP contribution in [-0.2, 0) is 24.0 Å². The van der Waals surface area contributed by atoms with E-state index in [1.165, 1.54) is 0 Å². The standard InChI is InChI=1S/C29H46F2N4O6/c1-6-7-8-9-20(24(37)27(40)32-17-10-11-17)33-25(38)22-18-12-13-29(30,31)19(18)14-35(22)28(41)21(15(2)3)34-26(39)23(36)16(4)5/h15-23,36H,6-14H2,1-5H3,(H,32,40)(H,33,38)(H,34,39)/t18-,19-,20?,21-,22-,23-/m0/s1. The van der Waals surface area contributed by atoms with E-state index in [9.17, 15) is 37.9 Å². The van der Waals surface area contributed by atoms with Gasteiger partial charge in [0, 0.05) is 24.9 Å². The minimum absolute atomic E-state index is 0.0148. The molecule has 6 atom stereocenters. The number of unbranched alkanes of at least 4 members (excludes halogenated alkanes) is 2. The van der Waals surface area contributed by atoms with Crippen molar-refractivity contribution >= 4 is 29.4 Å². The van der Waals surface area contributed by atoms with Crippen LogP contribution in [0.2, 0.25) is 0 Å². The molecule has 2 saturated carbocycles. The summed E-state index contributed by atoms with van der Waals surface area (Å²) in [7, 11) is 0. The number of nitrogens with one attached hydrogen (secondary N) is 3. The molecule has 3 aliphatic rings. The zero-order chi connectivity index (χ0) is 30.6. The normalized spacial score (nSPS) is 25.4. The van der Waals surface area contributed by atoms with Gasteiger partial charge < -0.3 is 26.0 Å². The lowest BCUT2D eigenvalue weighted by molar-refractivity contribution is -0.146. The second-order valence-electron chi connectivity index (χ2n) is 12.6. The SMILES string of the molecule is CCCCCC(NC(=O)[C@@H]1[C@H]2CCC(F)(F)[C@H]2CN1C(=O)[C@@H](NC(=O)[C@@H](O)C(C)C)C(C)C)C(=O)C(=O)NC1CC1. The van der Waals surface area contributed by atoms with E-state index in [0.29, 0.717) is 6.42 Å². The van der Waals surface area contributed by atoms with Crippen molar-refractivity contribution in [3.8, 4) is 0 Å². The summed E-state index contributed by atoms with van der Waals surface area (Å²) in [4.78, 5) is 66.9. The van der Waals surface area contributed by atoms with Crippen molar-refractivity contribution in [3.63, 3.8) is 0 Å². The smallest absolute Gasteiger partial charge is 0.289 e. The predicted molar refractivity (Wildman–Crippen MR) is 147 cm³/mol. The molecule has 0 spiro atoms. The number of ketones is 1. The number of hydrogen-bond donors (Lipinski definition) is 4. The number of aliphatic hydroxyl groups excluding tert-OH is 1. The summed E-state index contributed by atoms with van der Waals surface area (Å²) in [6.45, 7) is 8.23. The van der Waals surface area contributed by atoms with Crippen LogP contribution in [-0.4, -0.2) is 82.2 Å². The first-order valence-electron chi connectivity index (χ1n) is 15.0. The molecular weight excluding hydrogens is 538 g/mol. The van der Waals surface area contributed by atoms with Crippen LogP contribution in [0.25, 0.3) is 0 Å². The van der Waals surface area contributed by atoms with Crippen LogP contribution in [0.15, 0.2) is 0 Å². The van der Waals surface area contributed by atoms with Crippen molar-refractivity contribution in [2.45, 2.75) is 122 Å². The van der Waals surface area contributed by atoms with Gasteiger partial charge in [-0.25, -0.2) is 8.78 Å². The molecule has 0 aromatic rings. The topological polar surface area (TPSA) is 145 Å². The fourth-order valence-electron chi connectivity index (χ4n) is 5.83. The Kier molecular flexibility index (Phi) is 10.9. The summed E-state index contributed by atoms with van der Waals surface area (Å²) >= 11 is 0. The highest BCUT2D eigenvalue weighted by molar-refractivity contribution is 6.38. The molecule has 10 nitrogen and oxygen atoms in total. The Morgan fingerprint density at radius 1 is 0.976 bits per heavy atom. The minimum Gasteiger partial charge on any atom is -0.383 e. The van der Waals surface area contributed by atoms with Gasteiger partial charge >= 0.3 is 0 Å². The Bertz CT molecular complexity index is 1000. The number of nitrogens with zero attached hydrogens (tertiary/aromatic N) is 1. The largest absolute Gasteiger partial charge is 0.383 e. The second-order valence-corrected chi connectivity index (χ2v) is 12.6. The lowest BCUT2D eigenvalue weighted by Crippen LogP contribution is -2.59. The van der Waals surface area contributed by atoms with E-state index < -0.39 is 89.7 Å². The third kappa shape index (κ3) is 7.81. The van der Waals surface area contributed by atoms with E-state index in [-0.39, 0.29) is 25.4 Å². The number of likely N-dealkylation sites (tertiary alicyclic amines) is 1. The van der Waals surface area contributed by atoms with Crippen molar-refractivity contribution in [2.75, 3.05) is 6.54 Å². The van der Waals surface area contributed by atoms with Crippen LogP contribution in [0.5, 0.6) is 0 Å². The predicted octanol–water partition coefficient (Wildman–Crippen LogP) is 1.93. The maximum absolute atomic E-state index is 14.9. The first-order valence-corrected chi connectivity index (χ1v) is 15.0. The molecule has 4 N–H and O–H groups in total. The highest BCUT2D eigenvalue weighted by Gasteiger charge is 2.61. The van der Waals surface area contributed by atoms with E-state index >= 15 is 0 Å². The zero-order valence-electron chi connectivity index (χ0n) is 24.8. The first kappa shape index (κ1) is 32.9. The highest BCUT2D eigenvalue weighted by atomic mass is 19.3. The summed E-state index contributed by atoms with van der Waals surface area (Å²) in [6.07, 6.45) is 2.19. The number of amides is 4. The summed E-state index contributed by atoms with van der Waals surface area (Å²) in [6, 6.07) is -3.65. The third-order valence-corrected chi connectivity index (χ3v) is 8.55. The Hall–Kier alpha value is -2.63. The molecule has 232 valence electrons. The van der Waals surface area contributed by atoms with Crippen molar-refractivity contribution in [1.82, 2.24) is 20.9 Å². The van der Waals surface area contributed by atoms with Crippen molar-refractivity contribution in [2.24, 2.45) is 23.7 Å². The molecule has 3 fully saturated rings. The van der Waals surface area contributed by atoms with Crippen molar-refractivity contribution < 1.29 is 37.9 Å². The Labute approximate surface area is 240 Å². The molecule has 0 aromatic heterocycles. The second kappa shape index (κ2) is 13.6. The van der Waals surface area contributed by atoms with Crippen LogP contribution in [0.4, 0.5) is 8.78 Å². The van der Waals surface area contributed by atoms with Gasteiger partial charge in [-0.05, 0) is 43.4 Å². The third-order valence-electron chi connectivity index (χ3n) is 8.55. The molecule has 0 radical (unpaired) electrons. The van der Waals surface area contributed by atoms with Crippen LogP contribution < -0.4 is 16.0 Å². The van der Waals surface area contributed by atoms with Gasteiger partial charge in [-0.15, -0.1) is 0 Å². The molecule has 1 aliphatic heterocycles. The average molecular weight is 585 g/mol. The summed E-state index contributed by atoms with van der Waals surface area (Å²) in [5, 5.41) is 18.0. The quantitative estimate of drug-likeness (QED) is 0.181. The van der Waals surface area contributed by atoms with Gasteiger partial charge in [0.1, 0.15) is 18.2 Å². The van der Waals surface area contributed by atoms with Crippen molar-refractivity contribution in [3.05, 3.63) is 0 Å². The summed E-state index contributed by atoms with van der Waals surface area (Å²) in [5.74, 6) is -9.85. The fourth-order valence-corrected chi connectivity index (χ4v) is 5.83. The Morgan fingerprint density at radius 2 is 1.63 bits per heavy atom. The number of carbonyl (C=O) groups excluding carboxylic acids is 5. The number of alkyl halides is 2. The van der Waals surface area contributed by atoms with E-state index in [0.717, 1.165) is 30.6 Å². The van der Waals surface area contributed by atoms with Gasteiger partial charge in [-0.1, -0.05) is 53.9 Å². The maximum atomic E-state index is 14.9. The molecular formula is C29H46F2N4O6.